The Bertz CT molecular complexity index is 321. The molecule has 0 aromatic carbocycles. The molecule has 1 unspecified atom stereocenters. The molecule has 0 saturated carbocycles. The van der Waals surface area contributed by atoms with E-state index in [1.165, 1.54) is 0 Å². The molecule has 1 aliphatic carbocycles. The first kappa shape index (κ1) is 10.8. The molecule has 0 bridgehead atoms. The Labute approximate surface area is 86.1 Å². The van der Waals surface area contributed by atoms with Crippen molar-refractivity contribution in [1.29, 1.82) is 5.41 Å². The first-order valence-electron chi connectivity index (χ1n) is 4.81. The normalized spacial score (nSPS) is 26.9. The molecule has 14 heavy (non-hydrogen) atoms. The number of rotatable bonds is 2. The van der Waals surface area contributed by atoms with Crippen LogP contribution >= 0.6 is 0 Å². The minimum atomic E-state index is -0.247. The van der Waals surface area contributed by atoms with E-state index in [-0.39, 0.29) is 5.41 Å². The first-order valence-corrected chi connectivity index (χ1v) is 4.81. The Balaban J connectivity index is 3.07. The quantitative estimate of drug-likeness (QED) is 0.666. The number of hydrogen-bond donors (Lipinski definition) is 1. The lowest BCUT2D eigenvalue weighted by Crippen LogP contribution is -2.26. The van der Waals surface area contributed by atoms with Crippen LogP contribution in [0.3, 0.4) is 0 Å². The third kappa shape index (κ3) is 1.95. The largest absolute Gasteiger partial charge is 0.378 e. The van der Waals surface area contributed by atoms with E-state index in [9.17, 15) is 0 Å². The molecular weight excluding hydrogens is 172 g/mol. The molecule has 1 N–H and O–H groups in total. The fourth-order valence-corrected chi connectivity index (χ4v) is 1.54. The lowest BCUT2D eigenvalue weighted by molar-refractivity contribution is 0.517. The highest BCUT2D eigenvalue weighted by Crippen LogP contribution is 2.29. The van der Waals surface area contributed by atoms with Gasteiger partial charge < -0.3 is 10.3 Å². The van der Waals surface area contributed by atoms with Crippen molar-refractivity contribution in [2.45, 2.75) is 13.8 Å². The van der Waals surface area contributed by atoms with E-state index in [2.05, 4.69) is 24.0 Å². The summed E-state index contributed by atoms with van der Waals surface area (Å²) < 4.78 is 0. The van der Waals surface area contributed by atoms with E-state index >= 15 is 0 Å². The summed E-state index contributed by atoms with van der Waals surface area (Å²) in [5.74, 6) is 0. The number of nitrogens with zero attached hydrogens (tertiary/aromatic N) is 1. The van der Waals surface area contributed by atoms with Crippen LogP contribution in [0, 0.1) is 10.8 Å². The molecule has 0 fully saturated rings. The highest BCUT2D eigenvalue weighted by atomic mass is 15.1. The van der Waals surface area contributed by atoms with E-state index in [0.29, 0.717) is 5.71 Å². The minimum Gasteiger partial charge on any atom is -0.378 e. The molecule has 1 aliphatic rings. The van der Waals surface area contributed by atoms with E-state index in [1.807, 2.05) is 39.2 Å². The van der Waals surface area contributed by atoms with Gasteiger partial charge in [-0.2, -0.15) is 0 Å². The summed E-state index contributed by atoms with van der Waals surface area (Å²) in [6.07, 6.45) is 10.0. The second-order valence-corrected chi connectivity index (χ2v) is 3.99. The molecule has 1 rings (SSSR count). The van der Waals surface area contributed by atoms with Crippen molar-refractivity contribution in [3.63, 3.8) is 0 Å². The van der Waals surface area contributed by atoms with Crippen LogP contribution in [0.25, 0.3) is 0 Å². The van der Waals surface area contributed by atoms with E-state index in [0.717, 1.165) is 5.70 Å². The van der Waals surface area contributed by atoms with Gasteiger partial charge in [0.25, 0.3) is 0 Å². The van der Waals surface area contributed by atoms with Crippen LogP contribution in [0.15, 0.2) is 36.1 Å². The lowest BCUT2D eigenvalue weighted by Gasteiger charge is -2.28. The first-order chi connectivity index (χ1) is 6.49. The van der Waals surface area contributed by atoms with E-state index < -0.39 is 0 Å². The van der Waals surface area contributed by atoms with Gasteiger partial charge in [0.1, 0.15) is 0 Å². The molecular formula is C12H18N2. The average molecular weight is 190 g/mol. The molecule has 2 nitrogen and oxygen atoms in total. The maximum absolute atomic E-state index is 7.88. The van der Waals surface area contributed by atoms with Gasteiger partial charge >= 0.3 is 0 Å². The van der Waals surface area contributed by atoms with Gasteiger partial charge in [-0.15, -0.1) is 0 Å². The summed E-state index contributed by atoms with van der Waals surface area (Å²) in [5, 5.41) is 7.88. The van der Waals surface area contributed by atoms with Gasteiger partial charge in [0.2, 0.25) is 0 Å². The monoisotopic (exact) mass is 190 g/mol. The van der Waals surface area contributed by atoms with Crippen molar-refractivity contribution >= 4 is 5.71 Å². The molecule has 2 heteroatoms. The maximum Gasteiger partial charge on any atom is 0.0472 e. The topological polar surface area (TPSA) is 27.1 Å². The van der Waals surface area contributed by atoms with Crippen LogP contribution in [0.5, 0.6) is 0 Å². The average Bonchev–Trinajstić information content (AvgIpc) is 2.10. The Morgan fingerprint density at radius 3 is 2.50 bits per heavy atom. The van der Waals surface area contributed by atoms with Gasteiger partial charge in [0.05, 0.1) is 0 Å². The number of allylic oxidation sites excluding steroid dienone is 5. The van der Waals surface area contributed by atoms with Crippen molar-refractivity contribution in [1.82, 2.24) is 4.90 Å². The molecule has 0 saturated heterocycles. The standard InChI is InChI=1S/C12H18N2/c1-5-8-12(2)9-10(14(3)4)6-7-11(12)13/h5-9,13H,1-4H3/b8-5-,13-11?. The predicted molar refractivity (Wildman–Crippen MR) is 61.6 cm³/mol. The third-order valence-corrected chi connectivity index (χ3v) is 2.48. The molecule has 0 spiro atoms. The van der Waals surface area contributed by atoms with Gasteiger partial charge in [-0.3, -0.25) is 0 Å². The Kier molecular flexibility index (Phi) is 2.94. The molecule has 0 amide bonds. The zero-order valence-corrected chi connectivity index (χ0v) is 9.33. The molecule has 76 valence electrons. The summed E-state index contributed by atoms with van der Waals surface area (Å²) in [5.41, 5.74) is 1.55. The molecule has 0 aromatic rings. The van der Waals surface area contributed by atoms with Gasteiger partial charge in [-0.05, 0) is 32.1 Å². The predicted octanol–water partition coefficient (Wildman–Crippen LogP) is 2.60. The molecule has 0 aliphatic heterocycles. The van der Waals surface area contributed by atoms with Gasteiger partial charge in [0.15, 0.2) is 0 Å². The summed E-state index contributed by atoms with van der Waals surface area (Å²) in [7, 11) is 4.03. The fourth-order valence-electron chi connectivity index (χ4n) is 1.54. The number of likely N-dealkylation sites (N-methyl/N-ethyl adjacent to an activating group) is 1. The van der Waals surface area contributed by atoms with Gasteiger partial charge in [0, 0.05) is 30.9 Å². The summed E-state index contributed by atoms with van der Waals surface area (Å²) in [6, 6.07) is 0. The zero-order valence-electron chi connectivity index (χ0n) is 9.33. The van der Waals surface area contributed by atoms with Crippen molar-refractivity contribution in [2.75, 3.05) is 14.1 Å². The third-order valence-electron chi connectivity index (χ3n) is 2.48. The van der Waals surface area contributed by atoms with Crippen LogP contribution in [0.1, 0.15) is 13.8 Å². The van der Waals surface area contributed by atoms with Crippen LogP contribution in [0.2, 0.25) is 0 Å². The Morgan fingerprint density at radius 1 is 1.36 bits per heavy atom. The highest BCUT2D eigenvalue weighted by molar-refractivity contribution is 6.01. The number of hydrogen-bond acceptors (Lipinski definition) is 2. The smallest absolute Gasteiger partial charge is 0.0472 e. The molecule has 1 atom stereocenters. The van der Waals surface area contributed by atoms with E-state index in [4.69, 9.17) is 5.41 Å². The molecule has 0 heterocycles. The SMILES string of the molecule is C/C=C\C1(C)C=C(N(C)C)C=CC1=N. The van der Waals surface area contributed by atoms with Crippen LogP contribution in [-0.2, 0) is 0 Å². The summed E-state index contributed by atoms with van der Waals surface area (Å²) >= 11 is 0. The van der Waals surface area contributed by atoms with Crippen molar-refractivity contribution in [2.24, 2.45) is 5.41 Å². The Morgan fingerprint density at radius 2 is 2.00 bits per heavy atom. The summed E-state index contributed by atoms with van der Waals surface area (Å²) in [4.78, 5) is 2.06. The zero-order chi connectivity index (χ0) is 10.8. The lowest BCUT2D eigenvalue weighted by atomic mass is 9.80. The van der Waals surface area contributed by atoms with Gasteiger partial charge in [-0.1, -0.05) is 12.2 Å². The van der Waals surface area contributed by atoms with Crippen molar-refractivity contribution < 1.29 is 0 Å². The molecule has 0 radical (unpaired) electrons. The fraction of sp³-hybridized carbons (Fsp3) is 0.417. The minimum absolute atomic E-state index is 0.247. The Hall–Kier alpha value is -1.31. The van der Waals surface area contributed by atoms with Crippen LogP contribution in [0.4, 0.5) is 0 Å². The van der Waals surface area contributed by atoms with Crippen molar-refractivity contribution in [3.8, 4) is 0 Å². The van der Waals surface area contributed by atoms with Crippen LogP contribution < -0.4 is 0 Å². The molecule has 0 aromatic heterocycles. The van der Waals surface area contributed by atoms with Gasteiger partial charge in [-0.25, -0.2) is 0 Å². The maximum atomic E-state index is 7.88. The van der Waals surface area contributed by atoms with E-state index in [1.54, 1.807) is 0 Å². The number of nitrogens with one attached hydrogen (secondary N) is 1. The second kappa shape index (κ2) is 3.82. The highest BCUT2D eigenvalue weighted by Gasteiger charge is 2.25. The van der Waals surface area contributed by atoms with Crippen molar-refractivity contribution in [3.05, 3.63) is 36.1 Å². The summed E-state index contributed by atoms with van der Waals surface area (Å²) in [6.45, 7) is 4.04. The van der Waals surface area contributed by atoms with Crippen LogP contribution in [-0.4, -0.2) is 24.7 Å². The second-order valence-electron chi connectivity index (χ2n) is 3.99.